The second-order valence-electron chi connectivity index (χ2n) is 5.36. The average molecular weight is 471 g/mol. The maximum absolute atomic E-state index is 12.9. The second-order valence-corrected chi connectivity index (χ2v) is 8.34. The standard InChI is InChI=1S/C17H13BrClN3O4S/c1-26-17(23)11-6-7-13(19)16(8-11)27(24,25)21-14-4-2-3-5-15(14)22-10-12(18)9-20-22/h2-10,21H,1H3. The molecule has 0 atom stereocenters. The van der Waals surface area contributed by atoms with Gasteiger partial charge in [0, 0.05) is 6.20 Å². The van der Waals surface area contributed by atoms with Crippen molar-refractivity contribution in [3.8, 4) is 5.69 Å². The van der Waals surface area contributed by atoms with Crippen LogP contribution in [0.5, 0.6) is 0 Å². The molecule has 0 saturated carbocycles. The molecule has 0 spiro atoms. The Bertz CT molecular complexity index is 1110. The Morgan fingerprint density at radius 2 is 2.00 bits per heavy atom. The lowest BCUT2D eigenvalue weighted by atomic mass is 10.2. The first-order valence-corrected chi connectivity index (χ1v) is 10.2. The van der Waals surface area contributed by atoms with Crippen LogP contribution >= 0.6 is 27.5 Å². The molecule has 0 saturated heterocycles. The van der Waals surface area contributed by atoms with Gasteiger partial charge in [-0.2, -0.15) is 5.10 Å². The number of anilines is 1. The molecule has 0 radical (unpaired) electrons. The first-order valence-electron chi connectivity index (χ1n) is 7.52. The summed E-state index contributed by atoms with van der Waals surface area (Å²) in [5, 5.41) is 4.14. The van der Waals surface area contributed by atoms with E-state index in [4.69, 9.17) is 11.6 Å². The van der Waals surface area contributed by atoms with Crippen LogP contribution in [0.15, 0.2) is 64.2 Å². The van der Waals surface area contributed by atoms with Gasteiger partial charge < -0.3 is 4.74 Å². The Balaban J connectivity index is 2.03. The summed E-state index contributed by atoms with van der Waals surface area (Å²) < 4.78 is 35.2. The highest BCUT2D eigenvalue weighted by Crippen LogP contribution is 2.28. The van der Waals surface area contributed by atoms with Crippen molar-refractivity contribution in [1.29, 1.82) is 0 Å². The predicted octanol–water partition coefficient (Wildman–Crippen LogP) is 3.88. The molecule has 3 rings (SSSR count). The number of halogens is 2. The number of esters is 1. The highest BCUT2D eigenvalue weighted by Gasteiger charge is 2.22. The normalized spacial score (nSPS) is 11.2. The summed E-state index contributed by atoms with van der Waals surface area (Å²) in [6.07, 6.45) is 3.28. The van der Waals surface area contributed by atoms with E-state index in [0.29, 0.717) is 11.4 Å². The zero-order valence-corrected chi connectivity index (χ0v) is 17.0. The number of hydrogen-bond donors (Lipinski definition) is 1. The summed E-state index contributed by atoms with van der Waals surface area (Å²) in [6.45, 7) is 0. The Labute approximate surface area is 169 Å². The summed E-state index contributed by atoms with van der Waals surface area (Å²) in [7, 11) is -2.86. The molecule has 0 aliphatic rings. The molecule has 0 aliphatic carbocycles. The van der Waals surface area contributed by atoms with Crippen LogP contribution in [0.2, 0.25) is 5.02 Å². The molecular formula is C17H13BrClN3O4S. The number of sulfonamides is 1. The molecule has 0 aliphatic heterocycles. The van der Waals surface area contributed by atoms with Crippen molar-refractivity contribution in [2.75, 3.05) is 11.8 Å². The van der Waals surface area contributed by atoms with E-state index < -0.39 is 16.0 Å². The fourth-order valence-electron chi connectivity index (χ4n) is 2.35. The SMILES string of the molecule is COC(=O)c1ccc(Cl)c(S(=O)(=O)Nc2ccccc2-n2cc(Br)cn2)c1. The van der Waals surface area contributed by atoms with Crippen LogP contribution in [-0.4, -0.2) is 31.3 Å². The Morgan fingerprint density at radius 1 is 1.26 bits per heavy atom. The van der Waals surface area contributed by atoms with Gasteiger partial charge in [0.25, 0.3) is 10.0 Å². The number of para-hydroxylation sites is 2. The van der Waals surface area contributed by atoms with E-state index in [1.165, 1.54) is 30.0 Å². The first kappa shape index (κ1) is 19.4. The third-order valence-corrected chi connectivity index (χ3v) is 5.84. The number of ether oxygens (including phenoxy) is 1. The second kappa shape index (κ2) is 7.71. The van der Waals surface area contributed by atoms with Crippen LogP contribution in [0.25, 0.3) is 5.69 Å². The number of aromatic nitrogens is 2. The van der Waals surface area contributed by atoms with Crippen LogP contribution < -0.4 is 4.72 Å². The number of nitrogens with zero attached hydrogens (tertiary/aromatic N) is 2. The highest BCUT2D eigenvalue weighted by molar-refractivity contribution is 9.10. The monoisotopic (exact) mass is 469 g/mol. The molecule has 2 aromatic carbocycles. The minimum absolute atomic E-state index is 0.0190. The topological polar surface area (TPSA) is 90.3 Å². The van der Waals surface area contributed by atoms with E-state index >= 15 is 0 Å². The Hall–Kier alpha value is -2.36. The lowest BCUT2D eigenvalue weighted by Crippen LogP contribution is -2.16. The number of carbonyl (C=O) groups is 1. The number of benzene rings is 2. The molecule has 1 N–H and O–H groups in total. The number of nitrogens with one attached hydrogen (secondary N) is 1. The van der Waals surface area contributed by atoms with E-state index in [9.17, 15) is 13.2 Å². The minimum Gasteiger partial charge on any atom is -0.465 e. The van der Waals surface area contributed by atoms with Crippen LogP contribution in [0.4, 0.5) is 5.69 Å². The van der Waals surface area contributed by atoms with Crippen molar-refractivity contribution in [1.82, 2.24) is 9.78 Å². The molecule has 3 aromatic rings. The minimum atomic E-state index is -4.07. The smallest absolute Gasteiger partial charge is 0.337 e. The van der Waals surface area contributed by atoms with Gasteiger partial charge in [0.2, 0.25) is 0 Å². The zero-order chi connectivity index (χ0) is 19.6. The highest BCUT2D eigenvalue weighted by atomic mass is 79.9. The molecule has 0 unspecified atom stereocenters. The molecule has 1 aromatic heterocycles. The van der Waals surface area contributed by atoms with E-state index in [2.05, 4.69) is 30.5 Å². The van der Waals surface area contributed by atoms with Gasteiger partial charge >= 0.3 is 5.97 Å². The number of rotatable bonds is 5. The lowest BCUT2D eigenvalue weighted by molar-refractivity contribution is 0.0600. The lowest BCUT2D eigenvalue weighted by Gasteiger charge is -2.14. The maximum atomic E-state index is 12.9. The van der Waals surface area contributed by atoms with Crippen LogP contribution in [0, 0.1) is 0 Å². The van der Waals surface area contributed by atoms with Crippen molar-refractivity contribution in [2.24, 2.45) is 0 Å². The van der Waals surface area contributed by atoms with E-state index in [0.717, 1.165) is 4.47 Å². The molecule has 140 valence electrons. The number of hydrogen-bond acceptors (Lipinski definition) is 5. The Kier molecular flexibility index (Phi) is 5.54. The molecule has 27 heavy (non-hydrogen) atoms. The van der Waals surface area contributed by atoms with Crippen molar-refractivity contribution < 1.29 is 17.9 Å². The van der Waals surface area contributed by atoms with Crippen LogP contribution in [-0.2, 0) is 14.8 Å². The molecule has 0 fully saturated rings. The van der Waals surface area contributed by atoms with E-state index in [1.54, 1.807) is 36.7 Å². The summed E-state index contributed by atoms with van der Waals surface area (Å²) in [6, 6.07) is 10.6. The van der Waals surface area contributed by atoms with Gasteiger partial charge in [-0.25, -0.2) is 17.9 Å². The van der Waals surface area contributed by atoms with Crippen LogP contribution in [0.1, 0.15) is 10.4 Å². The molecule has 0 bridgehead atoms. The van der Waals surface area contributed by atoms with Crippen molar-refractivity contribution >= 4 is 49.2 Å². The summed E-state index contributed by atoms with van der Waals surface area (Å²) in [4.78, 5) is 11.5. The number of carbonyl (C=O) groups excluding carboxylic acids is 1. The average Bonchev–Trinajstić information content (AvgIpc) is 3.07. The summed E-state index contributed by atoms with van der Waals surface area (Å²) in [5.41, 5.74) is 0.895. The third-order valence-electron chi connectivity index (χ3n) is 3.59. The van der Waals surface area contributed by atoms with Gasteiger partial charge in [-0.15, -0.1) is 0 Å². The first-order chi connectivity index (χ1) is 12.8. The molecular weight excluding hydrogens is 458 g/mol. The molecule has 7 nitrogen and oxygen atoms in total. The predicted molar refractivity (Wildman–Crippen MR) is 105 cm³/mol. The molecule has 1 heterocycles. The van der Waals surface area contributed by atoms with E-state index in [1.807, 2.05) is 0 Å². The van der Waals surface area contributed by atoms with Gasteiger partial charge in [-0.1, -0.05) is 23.7 Å². The van der Waals surface area contributed by atoms with Crippen molar-refractivity contribution in [2.45, 2.75) is 4.90 Å². The van der Waals surface area contributed by atoms with Gasteiger partial charge in [-0.05, 0) is 46.3 Å². The van der Waals surface area contributed by atoms with Gasteiger partial charge in [0.1, 0.15) is 4.90 Å². The Morgan fingerprint density at radius 3 is 2.67 bits per heavy atom. The van der Waals surface area contributed by atoms with Crippen LogP contribution in [0.3, 0.4) is 0 Å². The summed E-state index contributed by atoms with van der Waals surface area (Å²) in [5.74, 6) is -0.662. The largest absolute Gasteiger partial charge is 0.465 e. The third kappa shape index (κ3) is 4.15. The number of methoxy groups -OCH3 is 1. The van der Waals surface area contributed by atoms with Crippen molar-refractivity contribution in [3.63, 3.8) is 0 Å². The van der Waals surface area contributed by atoms with Gasteiger partial charge in [0.05, 0.1) is 39.7 Å². The fraction of sp³-hybridized carbons (Fsp3) is 0.0588. The fourth-order valence-corrected chi connectivity index (χ4v) is 4.23. The van der Waals surface area contributed by atoms with E-state index in [-0.39, 0.29) is 15.5 Å². The summed E-state index contributed by atoms with van der Waals surface area (Å²) >= 11 is 9.37. The molecule has 0 amide bonds. The maximum Gasteiger partial charge on any atom is 0.337 e. The molecule has 10 heteroatoms. The van der Waals surface area contributed by atoms with Crippen molar-refractivity contribution in [3.05, 3.63) is 69.9 Å². The quantitative estimate of drug-likeness (QED) is 0.572. The zero-order valence-electron chi connectivity index (χ0n) is 13.9. The van der Waals surface area contributed by atoms with Gasteiger partial charge in [-0.3, -0.25) is 4.72 Å². The van der Waals surface area contributed by atoms with Gasteiger partial charge in [0.15, 0.2) is 0 Å².